The average Bonchev–Trinajstić information content (AvgIpc) is 2.25. The van der Waals surface area contributed by atoms with Gasteiger partial charge in [-0.05, 0) is 18.1 Å². The molecule has 0 amide bonds. The lowest BCUT2D eigenvalue weighted by atomic mass is 10.0. The molecule has 0 saturated carbocycles. The van der Waals surface area contributed by atoms with E-state index < -0.39 is 0 Å². The molecular formula is C10H13N. The first-order valence-electron chi connectivity index (χ1n) is 4.19. The molecule has 58 valence electrons. The van der Waals surface area contributed by atoms with Gasteiger partial charge in [-0.1, -0.05) is 25.2 Å². The van der Waals surface area contributed by atoms with Gasteiger partial charge in [0.05, 0.1) is 0 Å². The summed E-state index contributed by atoms with van der Waals surface area (Å²) in [6.45, 7) is 3.36. The van der Waals surface area contributed by atoms with E-state index in [9.17, 15) is 0 Å². The first-order valence-corrected chi connectivity index (χ1v) is 4.19. The molecule has 0 saturated heterocycles. The van der Waals surface area contributed by atoms with E-state index >= 15 is 0 Å². The van der Waals surface area contributed by atoms with E-state index in [1.54, 1.807) is 0 Å². The average molecular weight is 147 g/mol. The lowest BCUT2D eigenvalue weighted by Crippen LogP contribution is -2.09. The maximum absolute atomic E-state index is 3.39. The van der Waals surface area contributed by atoms with Crippen LogP contribution in [-0.4, -0.2) is 6.54 Å². The van der Waals surface area contributed by atoms with Gasteiger partial charge in [-0.3, -0.25) is 0 Å². The molecule has 0 aromatic rings. The van der Waals surface area contributed by atoms with E-state index in [1.807, 2.05) is 0 Å². The van der Waals surface area contributed by atoms with Crippen LogP contribution in [0.3, 0.4) is 0 Å². The Balaban J connectivity index is 2.36. The van der Waals surface area contributed by atoms with Gasteiger partial charge in [-0.2, -0.15) is 0 Å². The summed E-state index contributed by atoms with van der Waals surface area (Å²) in [6.07, 6.45) is 9.94. The van der Waals surface area contributed by atoms with E-state index in [1.165, 1.54) is 11.3 Å². The quantitative estimate of drug-likeness (QED) is 0.552. The summed E-state index contributed by atoms with van der Waals surface area (Å²) in [4.78, 5) is 0. The van der Waals surface area contributed by atoms with Crippen LogP contribution in [-0.2, 0) is 0 Å². The molecular weight excluding hydrogens is 134 g/mol. The van der Waals surface area contributed by atoms with Gasteiger partial charge in [0.2, 0.25) is 0 Å². The molecule has 1 heteroatoms. The lowest BCUT2D eigenvalue weighted by molar-refractivity contribution is 0.702. The predicted octanol–water partition coefficient (Wildman–Crippen LogP) is 2.00. The zero-order valence-electron chi connectivity index (χ0n) is 6.80. The van der Waals surface area contributed by atoms with Crippen molar-refractivity contribution in [1.29, 1.82) is 0 Å². The molecule has 1 aliphatic carbocycles. The normalized spacial score (nSPS) is 28.3. The van der Waals surface area contributed by atoms with E-state index in [-0.39, 0.29) is 0 Å². The van der Waals surface area contributed by atoms with Crippen molar-refractivity contribution in [3.05, 3.63) is 35.6 Å². The van der Waals surface area contributed by atoms with Gasteiger partial charge in [-0.25, -0.2) is 0 Å². The second-order valence-electron chi connectivity index (χ2n) is 3.19. The number of hydrogen-bond acceptors (Lipinski definition) is 1. The van der Waals surface area contributed by atoms with Crippen LogP contribution in [0.1, 0.15) is 13.3 Å². The third kappa shape index (κ3) is 1.11. The highest BCUT2D eigenvalue weighted by Crippen LogP contribution is 2.23. The van der Waals surface area contributed by atoms with Crippen molar-refractivity contribution in [2.24, 2.45) is 5.92 Å². The topological polar surface area (TPSA) is 12.0 Å². The zero-order valence-corrected chi connectivity index (χ0v) is 6.80. The molecule has 0 aromatic heterocycles. The van der Waals surface area contributed by atoms with E-state index in [0.29, 0.717) is 5.92 Å². The molecule has 1 heterocycles. The Kier molecular flexibility index (Phi) is 1.57. The summed E-state index contributed by atoms with van der Waals surface area (Å²) in [5.41, 5.74) is 2.80. The van der Waals surface area contributed by atoms with Gasteiger partial charge in [-0.15, -0.1) is 0 Å². The van der Waals surface area contributed by atoms with Crippen LogP contribution in [0.4, 0.5) is 0 Å². The molecule has 0 bridgehead atoms. The third-order valence-corrected chi connectivity index (χ3v) is 2.29. The number of allylic oxidation sites excluding steroid dienone is 4. The maximum atomic E-state index is 3.39. The molecule has 2 aliphatic rings. The smallest absolute Gasteiger partial charge is 0.0373 e. The van der Waals surface area contributed by atoms with Gasteiger partial charge < -0.3 is 5.32 Å². The Labute approximate surface area is 67.5 Å². The molecule has 1 nitrogen and oxygen atoms in total. The largest absolute Gasteiger partial charge is 0.384 e. The van der Waals surface area contributed by atoms with Crippen LogP contribution in [0.2, 0.25) is 0 Å². The Morgan fingerprint density at radius 2 is 2.18 bits per heavy atom. The van der Waals surface area contributed by atoms with E-state index in [4.69, 9.17) is 0 Å². The van der Waals surface area contributed by atoms with Crippen molar-refractivity contribution >= 4 is 0 Å². The Morgan fingerprint density at radius 3 is 3.09 bits per heavy atom. The number of hydrogen-bond donors (Lipinski definition) is 1. The fraction of sp³-hybridized carbons (Fsp3) is 0.400. The highest BCUT2D eigenvalue weighted by Gasteiger charge is 2.17. The summed E-state index contributed by atoms with van der Waals surface area (Å²) < 4.78 is 0. The highest BCUT2D eigenvalue weighted by atomic mass is 14.9. The minimum absolute atomic E-state index is 0.684. The van der Waals surface area contributed by atoms with Crippen LogP contribution in [0, 0.1) is 5.92 Å². The molecule has 1 atom stereocenters. The number of nitrogens with one attached hydrogen (secondary N) is 1. The standard InChI is InChI=1S/C10H13N/c1-8-7-11-10-6-4-2-3-5-9(8)10/h3-6,8,11H,2,7H2,1H3. The molecule has 0 spiro atoms. The van der Waals surface area contributed by atoms with Crippen LogP contribution >= 0.6 is 0 Å². The minimum Gasteiger partial charge on any atom is -0.384 e. The van der Waals surface area contributed by atoms with Crippen LogP contribution in [0.25, 0.3) is 0 Å². The van der Waals surface area contributed by atoms with Gasteiger partial charge in [0.1, 0.15) is 0 Å². The first kappa shape index (κ1) is 6.71. The minimum atomic E-state index is 0.684. The Hall–Kier alpha value is -0.980. The van der Waals surface area contributed by atoms with Gasteiger partial charge >= 0.3 is 0 Å². The molecule has 1 N–H and O–H groups in total. The first-order chi connectivity index (χ1) is 5.38. The van der Waals surface area contributed by atoms with Gasteiger partial charge in [0.25, 0.3) is 0 Å². The van der Waals surface area contributed by atoms with E-state index in [0.717, 1.165) is 13.0 Å². The molecule has 1 unspecified atom stereocenters. The highest BCUT2D eigenvalue weighted by molar-refractivity contribution is 5.39. The maximum Gasteiger partial charge on any atom is 0.0373 e. The van der Waals surface area contributed by atoms with Crippen molar-refractivity contribution in [2.75, 3.05) is 6.54 Å². The zero-order chi connectivity index (χ0) is 7.68. The predicted molar refractivity (Wildman–Crippen MR) is 47.1 cm³/mol. The lowest BCUT2D eigenvalue weighted by Gasteiger charge is -2.00. The molecule has 11 heavy (non-hydrogen) atoms. The van der Waals surface area contributed by atoms with Crippen molar-refractivity contribution in [3.63, 3.8) is 0 Å². The van der Waals surface area contributed by atoms with Crippen molar-refractivity contribution in [3.8, 4) is 0 Å². The van der Waals surface area contributed by atoms with Crippen molar-refractivity contribution in [2.45, 2.75) is 13.3 Å². The van der Waals surface area contributed by atoms with Crippen molar-refractivity contribution < 1.29 is 0 Å². The SMILES string of the molecule is CC1CNC2=C1C=CCC=C2. The Bertz CT molecular complexity index is 246. The third-order valence-electron chi connectivity index (χ3n) is 2.29. The summed E-state index contributed by atoms with van der Waals surface area (Å²) in [7, 11) is 0. The van der Waals surface area contributed by atoms with Gasteiger partial charge in [0.15, 0.2) is 0 Å². The molecule has 2 rings (SSSR count). The fourth-order valence-electron chi connectivity index (χ4n) is 1.61. The summed E-state index contributed by atoms with van der Waals surface area (Å²) in [5.74, 6) is 0.684. The van der Waals surface area contributed by atoms with Gasteiger partial charge in [0, 0.05) is 18.2 Å². The molecule has 1 aliphatic heterocycles. The van der Waals surface area contributed by atoms with E-state index in [2.05, 4.69) is 36.5 Å². The monoisotopic (exact) mass is 147 g/mol. The van der Waals surface area contributed by atoms with Crippen LogP contribution in [0.5, 0.6) is 0 Å². The molecule has 0 aromatic carbocycles. The van der Waals surface area contributed by atoms with Crippen LogP contribution < -0.4 is 5.32 Å². The summed E-state index contributed by atoms with van der Waals surface area (Å²) in [5, 5.41) is 3.39. The summed E-state index contributed by atoms with van der Waals surface area (Å²) in [6, 6.07) is 0. The molecule has 0 radical (unpaired) electrons. The van der Waals surface area contributed by atoms with Crippen molar-refractivity contribution in [1.82, 2.24) is 5.32 Å². The second kappa shape index (κ2) is 2.57. The molecule has 0 fully saturated rings. The summed E-state index contributed by atoms with van der Waals surface area (Å²) >= 11 is 0. The fourth-order valence-corrected chi connectivity index (χ4v) is 1.61. The second-order valence-corrected chi connectivity index (χ2v) is 3.19. The Morgan fingerprint density at radius 1 is 1.36 bits per heavy atom. The van der Waals surface area contributed by atoms with Crippen LogP contribution in [0.15, 0.2) is 35.6 Å². The number of rotatable bonds is 0.